The van der Waals surface area contributed by atoms with E-state index < -0.39 is 5.97 Å². The van der Waals surface area contributed by atoms with Crippen molar-refractivity contribution < 1.29 is 19.7 Å². The number of methoxy groups -OCH3 is 1. The van der Waals surface area contributed by atoms with E-state index in [2.05, 4.69) is 20.9 Å². The third-order valence-electron chi connectivity index (χ3n) is 3.08. The van der Waals surface area contributed by atoms with Crippen LogP contribution in [0.25, 0.3) is 11.6 Å². The Kier molecular flexibility index (Phi) is 4.82. The predicted octanol–water partition coefficient (Wildman–Crippen LogP) is 3.82. The number of ether oxygens (including phenoxy) is 1. The number of hydrogen-bond donors (Lipinski definition) is 2. The number of carboxylic acid groups (broad SMARTS) is 1. The zero-order valence-corrected chi connectivity index (χ0v) is 13.6. The monoisotopic (exact) mass is 363 g/mol. The van der Waals surface area contributed by atoms with Crippen LogP contribution in [0.3, 0.4) is 0 Å². The molecule has 0 saturated carbocycles. The van der Waals surface area contributed by atoms with Crippen molar-refractivity contribution in [2.75, 3.05) is 7.11 Å². The number of benzene rings is 1. The third-order valence-corrected chi connectivity index (χ3v) is 3.75. The number of aromatic carboxylic acids is 1. The summed E-state index contributed by atoms with van der Waals surface area (Å²) in [6.07, 6.45) is 1.78. The van der Waals surface area contributed by atoms with Crippen LogP contribution < -0.4 is 4.74 Å². The average Bonchev–Trinajstić information content (AvgIpc) is 2.49. The molecule has 0 fully saturated rings. The zero-order chi connectivity index (χ0) is 16.3. The Bertz CT molecular complexity index is 756. The molecule has 1 aromatic heterocycles. The number of carboxylic acids is 1. The summed E-state index contributed by atoms with van der Waals surface area (Å²) < 4.78 is 5.87. The maximum absolute atomic E-state index is 10.9. The molecule has 0 aliphatic heterocycles. The predicted molar refractivity (Wildman–Crippen MR) is 87.1 cm³/mol. The van der Waals surface area contributed by atoms with Gasteiger partial charge < -0.3 is 14.9 Å². The normalized spacial score (nSPS) is 11.3. The molecule has 0 atom stereocenters. The van der Waals surface area contributed by atoms with Crippen molar-refractivity contribution in [3.8, 4) is 11.6 Å². The minimum Gasteiger partial charge on any atom is -0.507 e. The van der Waals surface area contributed by atoms with Gasteiger partial charge >= 0.3 is 5.97 Å². The summed E-state index contributed by atoms with van der Waals surface area (Å²) in [6, 6.07) is 7.79. The highest BCUT2D eigenvalue weighted by atomic mass is 79.9. The Hall–Kier alpha value is -2.34. The van der Waals surface area contributed by atoms with Crippen molar-refractivity contribution in [3.63, 3.8) is 0 Å². The smallest absolute Gasteiger partial charge is 0.335 e. The Morgan fingerprint density at radius 1 is 1.32 bits per heavy atom. The second-order valence-corrected chi connectivity index (χ2v) is 5.44. The molecule has 1 aromatic carbocycles. The number of aromatic hydroxyl groups is 1. The van der Waals surface area contributed by atoms with Crippen molar-refractivity contribution in [2.45, 2.75) is 6.92 Å². The number of phenolic OH excluding ortho intramolecular Hbond substituents is 1. The number of halogens is 1. The van der Waals surface area contributed by atoms with E-state index in [1.54, 1.807) is 18.2 Å². The topological polar surface area (TPSA) is 79.7 Å². The van der Waals surface area contributed by atoms with Gasteiger partial charge in [-0.1, -0.05) is 6.07 Å². The van der Waals surface area contributed by atoms with Crippen molar-refractivity contribution in [2.24, 2.45) is 0 Å². The van der Waals surface area contributed by atoms with Gasteiger partial charge in [-0.05, 0) is 52.7 Å². The van der Waals surface area contributed by atoms with E-state index in [0.29, 0.717) is 17.1 Å². The zero-order valence-electron chi connectivity index (χ0n) is 12.0. The van der Waals surface area contributed by atoms with Gasteiger partial charge in [-0.25, -0.2) is 9.78 Å². The highest BCUT2D eigenvalue weighted by molar-refractivity contribution is 9.10. The molecule has 6 heteroatoms. The summed E-state index contributed by atoms with van der Waals surface area (Å²) in [7, 11) is 1.53. The van der Waals surface area contributed by atoms with E-state index in [-0.39, 0.29) is 11.3 Å². The summed E-state index contributed by atoms with van der Waals surface area (Å²) >= 11 is 3.41. The lowest BCUT2D eigenvalue weighted by molar-refractivity contribution is 0.0696. The van der Waals surface area contributed by atoms with Crippen LogP contribution in [-0.4, -0.2) is 28.3 Å². The third kappa shape index (κ3) is 3.46. The van der Waals surface area contributed by atoms with E-state index in [1.165, 1.54) is 19.2 Å². The number of hydrogen-bond acceptors (Lipinski definition) is 4. The van der Waals surface area contributed by atoms with Gasteiger partial charge in [0.25, 0.3) is 0 Å². The number of carbonyl (C=O) groups is 1. The van der Waals surface area contributed by atoms with Crippen LogP contribution >= 0.6 is 15.9 Å². The van der Waals surface area contributed by atoms with Crippen LogP contribution in [0.15, 0.2) is 34.8 Å². The van der Waals surface area contributed by atoms with Gasteiger partial charge in [0.2, 0.25) is 5.88 Å². The first-order valence-electron chi connectivity index (χ1n) is 6.38. The van der Waals surface area contributed by atoms with Crippen LogP contribution in [0, 0.1) is 0 Å². The molecular formula is C16H14BrNO4. The minimum absolute atomic E-state index is 0.0368. The SMILES string of the molecule is COc1ccc(Br)c(C=C(C)c2ccc(C(=O)O)cc2O)n1. The highest BCUT2D eigenvalue weighted by Crippen LogP contribution is 2.29. The second-order valence-electron chi connectivity index (χ2n) is 4.59. The molecule has 2 aromatic rings. The highest BCUT2D eigenvalue weighted by Gasteiger charge is 2.10. The molecule has 2 N–H and O–H groups in total. The molecule has 0 radical (unpaired) electrons. The number of phenols is 1. The largest absolute Gasteiger partial charge is 0.507 e. The summed E-state index contributed by atoms with van der Waals surface area (Å²) in [4.78, 5) is 15.2. The Morgan fingerprint density at radius 3 is 2.64 bits per heavy atom. The first-order valence-corrected chi connectivity index (χ1v) is 7.17. The average molecular weight is 364 g/mol. The van der Waals surface area contributed by atoms with Crippen LogP contribution in [0.5, 0.6) is 11.6 Å². The maximum atomic E-state index is 10.9. The fraction of sp³-hybridized carbons (Fsp3) is 0.125. The quantitative estimate of drug-likeness (QED) is 0.862. The first-order chi connectivity index (χ1) is 10.4. The molecule has 5 nitrogen and oxygen atoms in total. The minimum atomic E-state index is -1.08. The number of aromatic nitrogens is 1. The molecule has 0 aliphatic rings. The van der Waals surface area contributed by atoms with E-state index in [1.807, 2.05) is 13.0 Å². The van der Waals surface area contributed by atoms with Crippen molar-refractivity contribution in [1.82, 2.24) is 4.98 Å². The Labute approximate surface area is 136 Å². The molecule has 0 bridgehead atoms. The molecule has 0 spiro atoms. The standard InChI is InChI=1S/C16H14BrNO4/c1-9(7-13-12(17)5-6-15(18-13)22-2)11-4-3-10(16(20)21)8-14(11)19/h3-8,19H,1-2H3,(H,20,21). The van der Waals surface area contributed by atoms with Crippen molar-refractivity contribution in [3.05, 3.63) is 51.6 Å². The molecule has 0 amide bonds. The van der Waals surface area contributed by atoms with Gasteiger partial charge in [-0.15, -0.1) is 0 Å². The van der Waals surface area contributed by atoms with Crippen LogP contribution in [-0.2, 0) is 0 Å². The molecule has 2 rings (SSSR count). The first kappa shape index (κ1) is 16.0. The molecule has 1 heterocycles. The lowest BCUT2D eigenvalue weighted by Gasteiger charge is -2.07. The lowest BCUT2D eigenvalue weighted by Crippen LogP contribution is -1.96. The van der Waals surface area contributed by atoms with Crippen LogP contribution in [0.2, 0.25) is 0 Å². The molecule has 22 heavy (non-hydrogen) atoms. The molecule has 114 valence electrons. The number of rotatable bonds is 4. The van der Waals surface area contributed by atoms with E-state index in [0.717, 1.165) is 10.0 Å². The Balaban J connectivity index is 2.43. The molecular weight excluding hydrogens is 350 g/mol. The number of nitrogens with zero attached hydrogens (tertiary/aromatic N) is 1. The Morgan fingerprint density at radius 2 is 2.05 bits per heavy atom. The van der Waals surface area contributed by atoms with Gasteiger partial charge in [0, 0.05) is 16.1 Å². The van der Waals surface area contributed by atoms with Crippen molar-refractivity contribution in [1.29, 1.82) is 0 Å². The maximum Gasteiger partial charge on any atom is 0.335 e. The van der Waals surface area contributed by atoms with Crippen LogP contribution in [0.4, 0.5) is 0 Å². The van der Waals surface area contributed by atoms with Gasteiger partial charge in [0.05, 0.1) is 18.4 Å². The van der Waals surface area contributed by atoms with Gasteiger partial charge in [-0.3, -0.25) is 0 Å². The van der Waals surface area contributed by atoms with E-state index in [9.17, 15) is 9.90 Å². The van der Waals surface area contributed by atoms with Gasteiger partial charge in [0.1, 0.15) is 5.75 Å². The lowest BCUT2D eigenvalue weighted by atomic mass is 10.0. The molecule has 0 unspecified atom stereocenters. The summed E-state index contributed by atoms with van der Waals surface area (Å²) in [5.74, 6) is -0.693. The number of allylic oxidation sites excluding steroid dienone is 1. The number of pyridine rings is 1. The summed E-state index contributed by atoms with van der Waals surface area (Å²) in [5.41, 5.74) is 1.98. The fourth-order valence-corrected chi connectivity index (χ4v) is 2.27. The van der Waals surface area contributed by atoms with E-state index >= 15 is 0 Å². The molecule has 0 saturated heterocycles. The van der Waals surface area contributed by atoms with Gasteiger partial charge in [0.15, 0.2) is 0 Å². The van der Waals surface area contributed by atoms with E-state index in [4.69, 9.17) is 9.84 Å². The van der Waals surface area contributed by atoms with Crippen molar-refractivity contribution >= 4 is 33.5 Å². The molecule has 0 aliphatic carbocycles. The summed E-state index contributed by atoms with van der Waals surface area (Å²) in [5, 5.41) is 18.9. The summed E-state index contributed by atoms with van der Waals surface area (Å²) in [6.45, 7) is 1.81. The van der Waals surface area contributed by atoms with Crippen LogP contribution in [0.1, 0.15) is 28.5 Å². The second kappa shape index (κ2) is 6.62. The fourth-order valence-electron chi connectivity index (χ4n) is 1.94. The van der Waals surface area contributed by atoms with Gasteiger partial charge in [-0.2, -0.15) is 0 Å².